The summed E-state index contributed by atoms with van der Waals surface area (Å²) < 4.78 is 10.6. The minimum atomic E-state index is -0.279. The Morgan fingerprint density at radius 3 is 2.81 bits per heavy atom. The van der Waals surface area contributed by atoms with Crippen molar-refractivity contribution in [1.29, 1.82) is 0 Å². The zero-order chi connectivity index (χ0) is 17.9. The van der Waals surface area contributed by atoms with Gasteiger partial charge in [-0.15, -0.1) is 11.3 Å². The van der Waals surface area contributed by atoms with E-state index in [-0.39, 0.29) is 5.91 Å². The second-order valence-electron chi connectivity index (χ2n) is 5.89. The maximum Gasteiger partial charge on any atom is 0.262 e. The van der Waals surface area contributed by atoms with Crippen LogP contribution in [0.25, 0.3) is 10.6 Å². The van der Waals surface area contributed by atoms with Gasteiger partial charge in [-0.25, -0.2) is 4.98 Å². The molecule has 1 amide bonds. The number of nitrogens with one attached hydrogen (secondary N) is 1. The maximum absolute atomic E-state index is 12.7. The molecule has 3 aromatic rings. The van der Waals surface area contributed by atoms with Crippen LogP contribution in [0.3, 0.4) is 0 Å². The van der Waals surface area contributed by atoms with Gasteiger partial charge in [-0.05, 0) is 30.5 Å². The summed E-state index contributed by atoms with van der Waals surface area (Å²) in [5.41, 5.74) is 2.01. The number of rotatable bonds is 4. The second-order valence-corrected chi connectivity index (χ2v) is 6.84. The number of pyridine rings is 1. The molecular weight excluding hydrogens is 352 g/mol. The summed E-state index contributed by atoms with van der Waals surface area (Å²) in [6.07, 6.45) is 1.77. The van der Waals surface area contributed by atoms with E-state index in [2.05, 4.69) is 20.4 Å². The molecule has 1 fully saturated rings. The Hall–Kier alpha value is -2.71. The number of ether oxygens (including phenoxy) is 1. The van der Waals surface area contributed by atoms with Gasteiger partial charge in [0.15, 0.2) is 0 Å². The fourth-order valence-electron chi connectivity index (χ4n) is 2.87. The molecule has 1 aliphatic heterocycles. The highest BCUT2D eigenvalue weighted by atomic mass is 32.1. The number of nitrogens with zero attached hydrogens (tertiary/aromatic N) is 3. The van der Waals surface area contributed by atoms with E-state index in [0.29, 0.717) is 22.8 Å². The van der Waals surface area contributed by atoms with Crippen LogP contribution in [0.15, 0.2) is 40.4 Å². The lowest BCUT2D eigenvalue weighted by Gasteiger charge is -2.28. The molecule has 8 heteroatoms. The smallest absolute Gasteiger partial charge is 0.262 e. The number of morpholine rings is 1. The van der Waals surface area contributed by atoms with E-state index in [9.17, 15) is 4.79 Å². The molecule has 0 bridgehead atoms. The molecule has 0 saturated carbocycles. The lowest BCUT2D eigenvalue weighted by atomic mass is 10.1. The standard InChI is InChI=1S/C18H18N4O3S/c1-12-16(17(21-25-12)14-3-2-10-26-14)18(23)20-15-5-4-13(11-19-15)22-6-8-24-9-7-22/h2-5,10-11H,6-9H2,1H3,(H,19,20,23). The highest BCUT2D eigenvalue weighted by Crippen LogP contribution is 2.29. The van der Waals surface area contributed by atoms with E-state index in [0.717, 1.165) is 36.9 Å². The average molecular weight is 370 g/mol. The van der Waals surface area contributed by atoms with Crippen LogP contribution < -0.4 is 10.2 Å². The normalized spacial score (nSPS) is 14.4. The van der Waals surface area contributed by atoms with Crippen molar-refractivity contribution in [1.82, 2.24) is 10.1 Å². The summed E-state index contributed by atoms with van der Waals surface area (Å²) in [6.45, 7) is 4.86. The minimum Gasteiger partial charge on any atom is -0.378 e. The SMILES string of the molecule is Cc1onc(-c2cccs2)c1C(=O)Nc1ccc(N2CCOCC2)cn1. The molecule has 0 atom stereocenters. The molecule has 1 aliphatic rings. The second kappa shape index (κ2) is 7.27. The van der Waals surface area contributed by atoms with Gasteiger partial charge >= 0.3 is 0 Å². The van der Waals surface area contributed by atoms with E-state index in [1.165, 1.54) is 11.3 Å². The molecule has 0 radical (unpaired) electrons. The number of aromatic nitrogens is 2. The van der Waals surface area contributed by atoms with Crippen molar-refractivity contribution in [2.75, 3.05) is 36.5 Å². The summed E-state index contributed by atoms with van der Waals surface area (Å²) in [6, 6.07) is 7.58. The van der Waals surface area contributed by atoms with Gasteiger partial charge in [-0.1, -0.05) is 11.2 Å². The lowest BCUT2D eigenvalue weighted by Crippen LogP contribution is -2.36. The fourth-order valence-corrected chi connectivity index (χ4v) is 3.58. The molecule has 1 N–H and O–H groups in total. The molecule has 0 spiro atoms. The van der Waals surface area contributed by atoms with Crippen LogP contribution in [-0.2, 0) is 4.74 Å². The molecule has 0 aromatic carbocycles. The number of hydrogen-bond donors (Lipinski definition) is 1. The number of thiophene rings is 1. The molecule has 7 nitrogen and oxygen atoms in total. The molecule has 4 heterocycles. The summed E-state index contributed by atoms with van der Waals surface area (Å²) >= 11 is 1.51. The highest BCUT2D eigenvalue weighted by molar-refractivity contribution is 7.13. The van der Waals surface area contributed by atoms with Gasteiger partial charge in [0.25, 0.3) is 5.91 Å². The summed E-state index contributed by atoms with van der Waals surface area (Å²) in [5, 5.41) is 8.80. The molecule has 26 heavy (non-hydrogen) atoms. The largest absolute Gasteiger partial charge is 0.378 e. The zero-order valence-electron chi connectivity index (χ0n) is 14.3. The van der Waals surface area contributed by atoms with E-state index < -0.39 is 0 Å². The van der Waals surface area contributed by atoms with Crippen molar-refractivity contribution < 1.29 is 14.1 Å². The first kappa shape index (κ1) is 16.7. The maximum atomic E-state index is 12.7. The molecule has 4 rings (SSSR count). The Bertz CT molecular complexity index is 884. The van der Waals surface area contributed by atoms with Crippen molar-refractivity contribution >= 4 is 28.7 Å². The van der Waals surface area contributed by atoms with Gasteiger partial charge < -0.3 is 19.5 Å². The Morgan fingerprint density at radius 2 is 2.12 bits per heavy atom. The molecule has 134 valence electrons. The molecule has 0 unspecified atom stereocenters. The highest BCUT2D eigenvalue weighted by Gasteiger charge is 2.22. The number of hydrogen-bond acceptors (Lipinski definition) is 7. The fraction of sp³-hybridized carbons (Fsp3) is 0.278. The lowest BCUT2D eigenvalue weighted by molar-refractivity contribution is 0.102. The Labute approximate surface area is 154 Å². The van der Waals surface area contributed by atoms with Crippen molar-refractivity contribution in [2.24, 2.45) is 0 Å². The van der Waals surface area contributed by atoms with E-state index in [4.69, 9.17) is 9.26 Å². The Kier molecular flexibility index (Phi) is 4.68. The Morgan fingerprint density at radius 1 is 1.27 bits per heavy atom. The molecular formula is C18H18N4O3S. The van der Waals surface area contributed by atoms with E-state index >= 15 is 0 Å². The Balaban J connectivity index is 1.51. The number of amides is 1. The van der Waals surface area contributed by atoms with Crippen LogP contribution in [0.5, 0.6) is 0 Å². The number of anilines is 2. The van der Waals surface area contributed by atoms with Crippen LogP contribution >= 0.6 is 11.3 Å². The van der Waals surface area contributed by atoms with Crippen LogP contribution in [0.4, 0.5) is 11.5 Å². The molecule has 3 aromatic heterocycles. The number of aryl methyl sites for hydroxylation is 1. The third kappa shape index (κ3) is 3.33. The minimum absolute atomic E-state index is 0.279. The first-order valence-corrected chi connectivity index (χ1v) is 9.20. The third-order valence-electron chi connectivity index (χ3n) is 4.21. The van der Waals surface area contributed by atoms with E-state index in [1.807, 2.05) is 23.6 Å². The quantitative estimate of drug-likeness (QED) is 0.760. The number of carbonyl (C=O) groups excluding carboxylic acids is 1. The monoisotopic (exact) mass is 370 g/mol. The van der Waals surface area contributed by atoms with Crippen LogP contribution in [0, 0.1) is 6.92 Å². The van der Waals surface area contributed by atoms with Gasteiger partial charge in [0, 0.05) is 13.1 Å². The van der Waals surface area contributed by atoms with Gasteiger partial charge in [0.05, 0.1) is 30.0 Å². The predicted molar refractivity (Wildman–Crippen MR) is 99.8 cm³/mol. The van der Waals surface area contributed by atoms with Crippen molar-refractivity contribution in [3.63, 3.8) is 0 Å². The van der Waals surface area contributed by atoms with Crippen LogP contribution in [0.2, 0.25) is 0 Å². The summed E-state index contributed by atoms with van der Waals surface area (Å²) in [4.78, 5) is 20.2. The van der Waals surface area contributed by atoms with Crippen molar-refractivity contribution in [2.45, 2.75) is 6.92 Å². The first-order chi connectivity index (χ1) is 12.7. The van der Waals surface area contributed by atoms with Crippen molar-refractivity contribution in [3.05, 3.63) is 47.2 Å². The van der Waals surface area contributed by atoms with Gasteiger partial charge in [0.2, 0.25) is 0 Å². The zero-order valence-corrected chi connectivity index (χ0v) is 15.1. The summed E-state index contributed by atoms with van der Waals surface area (Å²) in [5.74, 6) is 0.694. The summed E-state index contributed by atoms with van der Waals surface area (Å²) in [7, 11) is 0. The molecule has 1 saturated heterocycles. The van der Waals surface area contributed by atoms with E-state index in [1.54, 1.807) is 19.2 Å². The van der Waals surface area contributed by atoms with Crippen LogP contribution in [-0.4, -0.2) is 42.4 Å². The molecule has 0 aliphatic carbocycles. The predicted octanol–water partition coefficient (Wildman–Crippen LogP) is 3.20. The topological polar surface area (TPSA) is 80.5 Å². The third-order valence-corrected chi connectivity index (χ3v) is 5.09. The van der Waals surface area contributed by atoms with Crippen molar-refractivity contribution in [3.8, 4) is 10.6 Å². The number of carbonyl (C=O) groups is 1. The average Bonchev–Trinajstić information content (AvgIpc) is 3.32. The van der Waals surface area contributed by atoms with Gasteiger partial charge in [0.1, 0.15) is 22.8 Å². The van der Waals surface area contributed by atoms with Gasteiger partial charge in [-0.2, -0.15) is 0 Å². The first-order valence-electron chi connectivity index (χ1n) is 8.32. The van der Waals surface area contributed by atoms with Crippen LogP contribution in [0.1, 0.15) is 16.1 Å². The van der Waals surface area contributed by atoms with Gasteiger partial charge in [-0.3, -0.25) is 4.79 Å².